The minimum absolute atomic E-state index is 0.0166. The normalized spacial score (nSPS) is 19.7. The first-order chi connectivity index (χ1) is 14.9. The van der Waals surface area contributed by atoms with Gasteiger partial charge in [-0.05, 0) is 50.1 Å². The maximum Gasteiger partial charge on any atom is 0.295 e. The van der Waals surface area contributed by atoms with Crippen molar-refractivity contribution in [3.63, 3.8) is 0 Å². The Hall–Kier alpha value is -3.12. The van der Waals surface area contributed by atoms with Crippen molar-refractivity contribution in [2.24, 2.45) is 0 Å². The first kappa shape index (κ1) is 21.1. The van der Waals surface area contributed by atoms with Crippen molar-refractivity contribution in [1.29, 1.82) is 0 Å². The van der Waals surface area contributed by atoms with E-state index in [1.54, 1.807) is 12.1 Å². The molecule has 31 heavy (non-hydrogen) atoms. The molecule has 1 unspecified atom stereocenters. The predicted molar refractivity (Wildman–Crippen MR) is 117 cm³/mol. The molecule has 0 aromatic heterocycles. The fourth-order valence-corrected chi connectivity index (χ4v) is 4.17. The van der Waals surface area contributed by atoms with E-state index in [0.29, 0.717) is 18.8 Å². The van der Waals surface area contributed by atoms with Crippen LogP contribution in [-0.4, -0.2) is 47.6 Å². The Morgan fingerprint density at radius 3 is 2.77 bits per heavy atom. The molecular weight excluding hydrogens is 394 g/mol. The van der Waals surface area contributed by atoms with Crippen LogP contribution in [0.4, 0.5) is 0 Å². The van der Waals surface area contributed by atoms with Gasteiger partial charge in [0.25, 0.3) is 11.7 Å². The van der Waals surface area contributed by atoms with Gasteiger partial charge in [-0.25, -0.2) is 0 Å². The molecule has 0 saturated carbocycles. The Balaban J connectivity index is 1.79. The van der Waals surface area contributed by atoms with Gasteiger partial charge in [-0.2, -0.15) is 0 Å². The molecule has 0 spiro atoms. The number of nitrogens with zero attached hydrogens (tertiary/aromatic N) is 1. The molecule has 0 radical (unpaired) electrons. The Labute approximate surface area is 182 Å². The van der Waals surface area contributed by atoms with Crippen molar-refractivity contribution < 1.29 is 24.2 Å². The molecular formula is C25H27NO5. The van der Waals surface area contributed by atoms with Crippen LogP contribution in [0.15, 0.2) is 48.0 Å². The highest BCUT2D eigenvalue weighted by Crippen LogP contribution is 2.40. The second kappa shape index (κ2) is 8.55. The number of ketones is 1. The molecule has 2 aromatic carbocycles. The molecule has 6 nitrogen and oxygen atoms in total. The molecule has 0 bridgehead atoms. The van der Waals surface area contributed by atoms with Crippen LogP contribution in [0.5, 0.6) is 5.75 Å². The molecule has 2 aromatic rings. The third-order valence-electron chi connectivity index (χ3n) is 5.64. The number of hydrogen-bond donors (Lipinski definition) is 1. The van der Waals surface area contributed by atoms with E-state index < -0.39 is 17.7 Å². The van der Waals surface area contributed by atoms with E-state index in [1.807, 2.05) is 51.1 Å². The molecule has 1 atom stereocenters. The van der Waals surface area contributed by atoms with Crippen molar-refractivity contribution in [3.8, 4) is 5.75 Å². The molecule has 2 aliphatic heterocycles. The van der Waals surface area contributed by atoms with E-state index in [1.165, 1.54) is 4.90 Å². The molecule has 1 saturated heterocycles. The quantitative estimate of drug-likeness (QED) is 0.436. The molecule has 4 rings (SSSR count). The summed E-state index contributed by atoms with van der Waals surface area (Å²) >= 11 is 0. The van der Waals surface area contributed by atoms with Gasteiger partial charge in [-0.15, -0.1) is 0 Å². The van der Waals surface area contributed by atoms with E-state index in [4.69, 9.17) is 9.47 Å². The van der Waals surface area contributed by atoms with Gasteiger partial charge in [-0.3, -0.25) is 9.59 Å². The standard InChI is InChI=1S/C25H27NO5/c1-15(2)30-12-10-26-22(18-6-4-5-16(3)13-18)21(24(28)25(26)29)23(27)19-7-8-20-17(14-19)9-11-31-20/h4-8,13-15,22,27H,9-12H2,1-3H3/b23-21-. The average Bonchev–Trinajstić information content (AvgIpc) is 3.30. The predicted octanol–water partition coefficient (Wildman–Crippen LogP) is 3.78. The number of likely N-dealkylation sites (tertiary alicyclic amines) is 1. The minimum atomic E-state index is -0.676. The number of aliphatic hydroxyl groups is 1. The van der Waals surface area contributed by atoms with Crippen LogP contribution < -0.4 is 4.74 Å². The number of benzene rings is 2. The van der Waals surface area contributed by atoms with Gasteiger partial charge < -0.3 is 19.5 Å². The molecule has 2 heterocycles. The van der Waals surface area contributed by atoms with Gasteiger partial charge in [-0.1, -0.05) is 29.8 Å². The average molecular weight is 421 g/mol. The number of carbonyl (C=O) groups is 2. The molecule has 0 aliphatic carbocycles. The Morgan fingerprint density at radius 2 is 2.03 bits per heavy atom. The third-order valence-corrected chi connectivity index (χ3v) is 5.64. The van der Waals surface area contributed by atoms with Crippen molar-refractivity contribution in [2.75, 3.05) is 19.8 Å². The second-order valence-corrected chi connectivity index (χ2v) is 8.25. The van der Waals surface area contributed by atoms with Crippen molar-refractivity contribution in [3.05, 3.63) is 70.3 Å². The van der Waals surface area contributed by atoms with Crippen molar-refractivity contribution in [1.82, 2.24) is 4.90 Å². The lowest BCUT2D eigenvalue weighted by Crippen LogP contribution is -2.33. The fourth-order valence-electron chi connectivity index (χ4n) is 4.17. The van der Waals surface area contributed by atoms with Gasteiger partial charge in [0.1, 0.15) is 11.5 Å². The molecule has 6 heteroatoms. The van der Waals surface area contributed by atoms with E-state index in [2.05, 4.69) is 0 Å². The maximum atomic E-state index is 13.1. The maximum absolute atomic E-state index is 13.1. The highest BCUT2D eigenvalue weighted by atomic mass is 16.5. The van der Waals surface area contributed by atoms with Crippen LogP contribution in [0, 0.1) is 6.92 Å². The van der Waals surface area contributed by atoms with Crippen LogP contribution in [0.3, 0.4) is 0 Å². The van der Waals surface area contributed by atoms with Crippen LogP contribution in [-0.2, 0) is 20.7 Å². The summed E-state index contributed by atoms with van der Waals surface area (Å²) in [6.45, 7) is 6.97. The Kier molecular flexibility index (Phi) is 5.83. The zero-order valence-electron chi connectivity index (χ0n) is 18.1. The Morgan fingerprint density at radius 1 is 1.23 bits per heavy atom. The zero-order valence-corrected chi connectivity index (χ0v) is 18.1. The van der Waals surface area contributed by atoms with E-state index in [9.17, 15) is 14.7 Å². The van der Waals surface area contributed by atoms with Gasteiger partial charge in [0.15, 0.2) is 0 Å². The number of carbonyl (C=O) groups excluding carboxylic acids is 2. The van der Waals surface area contributed by atoms with Crippen LogP contribution in [0.2, 0.25) is 0 Å². The number of amides is 1. The largest absolute Gasteiger partial charge is 0.507 e. The lowest BCUT2D eigenvalue weighted by Gasteiger charge is -2.26. The summed E-state index contributed by atoms with van der Waals surface area (Å²) in [7, 11) is 0. The van der Waals surface area contributed by atoms with E-state index in [0.717, 1.165) is 28.9 Å². The summed E-state index contributed by atoms with van der Waals surface area (Å²) in [4.78, 5) is 27.5. The monoisotopic (exact) mass is 421 g/mol. The molecule has 1 N–H and O–H groups in total. The lowest BCUT2D eigenvalue weighted by molar-refractivity contribution is -0.140. The number of hydrogen-bond acceptors (Lipinski definition) is 5. The van der Waals surface area contributed by atoms with Crippen molar-refractivity contribution in [2.45, 2.75) is 39.3 Å². The van der Waals surface area contributed by atoms with Gasteiger partial charge >= 0.3 is 0 Å². The van der Waals surface area contributed by atoms with E-state index >= 15 is 0 Å². The van der Waals surface area contributed by atoms with Gasteiger partial charge in [0.2, 0.25) is 0 Å². The summed E-state index contributed by atoms with van der Waals surface area (Å²) in [5.41, 5.74) is 3.40. The number of aliphatic hydroxyl groups excluding tert-OH is 1. The van der Waals surface area contributed by atoms with Gasteiger partial charge in [0, 0.05) is 18.5 Å². The summed E-state index contributed by atoms with van der Waals surface area (Å²) in [6.07, 6.45) is 0.765. The smallest absolute Gasteiger partial charge is 0.295 e. The highest BCUT2D eigenvalue weighted by Gasteiger charge is 2.46. The first-order valence-electron chi connectivity index (χ1n) is 10.6. The summed E-state index contributed by atoms with van der Waals surface area (Å²) < 4.78 is 11.2. The zero-order chi connectivity index (χ0) is 22.1. The second-order valence-electron chi connectivity index (χ2n) is 8.25. The summed E-state index contributed by atoms with van der Waals surface area (Å²) in [6, 6.07) is 12.4. The highest BCUT2D eigenvalue weighted by molar-refractivity contribution is 6.46. The van der Waals surface area contributed by atoms with Gasteiger partial charge in [0.05, 0.1) is 30.9 Å². The fraction of sp³-hybridized carbons (Fsp3) is 0.360. The Bertz CT molecular complexity index is 1060. The van der Waals surface area contributed by atoms with Crippen LogP contribution in [0.1, 0.15) is 42.1 Å². The summed E-state index contributed by atoms with van der Waals surface area (Å²) in [5.74, 6) is -0.667. The molecule has 1 fully saturated rings. The van der Waals surface area contributed by atoms with E-state index in [-0.39, 0.29) is 24.0 Å². The minimum Gasteiger partial charge on any atom is -0.507 e. The lowest BCUT2D eigenvalue weighted by atomic mass is 9.94. The SMILES string of the molecule is Cc1cccc(C2/C(=C(/O)c3ccc4c(c3)CCO4)C(=O)C(=O)N2CCOC(C)C)c1. The third kappa shape index (κ3) is 4.08. The number of rotatable bonds is 6. The summed E-state index contributed by atoms with van der Waals surface area (Å²) in [5, 5.41) is 11.2. The number of aryl methyl sites for hydroxylation is 1. The number of Topliss-reactive ketones (excluding diaryl/α,β-unsaturated/α-hetero) is 1. The molecule has 1 amide bonds. The van der Waals surface area contributed by atoms with Crippen LogP contribution in [0.25, 0.3) is 5.76 Å². The first-order valence-corrected chi connectivity index (χ1v) is 10.6. The van der Waals surface area contributed by atoms with Crippen LogP contribution >= 0.6 is 0 Å². The molecule has 2 aliphatic rings. The number of ether oxygens (including phenoxy) is 2. The topological polar surface area (TPSA) is 76.1 Å². The molecule has 162 valence electrons. The number of fused-ring (bicyclic) bond motifs is 1. The van der Waals surface area contributed by atoms with Crippen molar-refractivity contribution >= 4 is 17.4 Å².